The van der Waals surface area contributed by atoms with E-state index in [0.29, 0.717) is 0 Å². The molecule has 280 valence electrons. The minimum Gasteiger partial charge on any atom is -0.326 e. The van der Waals surface area contributed by atoms with Gasteiger partial charge in [-0.15, -0.1) is 0 Å². The standard InChI is InChI=1S/C21H44N.C17H37N.C6H14/c1-3-4-5-6-7-8-9-10-11-12-13-14-15-16-19-22(2)20-17-18-21-22;1-3-4-5-6-7-8-9-10-11-12-13-14-15-16-17-18-2;1-3-5-6-4-2/h3-21H2,1-2H3;18H,3-17H2,1-2H3;3-6H2,1-2H3/q+1;;. The van der Waals surface area contributed by atoms with Crippen molar-refractivity contribution in [2.24, 2.45) is 0 Å². The molecule has 2 heteroatoms. The molecule has 0 amide bonds. The molecule has 0 saturated carbocycles. The Hall–Kier alpha value is -0.0800. The van der Waals surface area contributed by atoms with E-state index in [1.54, 1.807) is 0 Å². The van der Waals surface area contributed by atoms with Crippen LogP contribution in [0.2, 0.25) is 0 Å². The molecular formula is C44H95N2+. The van der Waals surface area contributed by atoms with Gasteiger partial charge in [-0.25, -0.2) is 0 Å². The Bertz CT molecular complexity index is 478. The van der Waals surface area contributed by atoms with Crippen LogP contribution in [0.25, 0.3) is 0 Å². The average Bonchev–Trinajstić information content (AvgIpc) is 3.51. The minimum atomic E-state index is 1.19. The molecule has 2 nitrogen and oxygen atoms in total. The fourth-order valence-electron chi connectivity index (χ4n) is 7.01. The van der Waals surface area contributed by atoms with Gasteiger partial charge >= 0.3 is 0 Å². The zero-order valence-electron chi connectivity index (χ0n) is 33.8. The predicted molar refractivity (Wildman–Crippen MR) is 214 cm³/mol. The molecule has 0 aromatic rings. The van der Waals surface area contributed by atoms with Crippen molar-refractivity contribution in [2.45, 2.75) is 246 Å². The molecule has 1 rings (SSSR count). The fraction of sp³-hybridized carbons (Fsp3) is 1.00. The molecule has 0 aromatic heterocycles. The lowest BCUT2D eigenvalue weighted by Crippen LogP contribution is -2.41. The minimum absolute atomic E-state index is 1.19. The first-order valence-corrected chi connectivity index (χ1v) is 22.1. The van der Waals surface area contributed by atoms with Gasteiger partial charge in [0.25, 0.3) is 0 Å². The molecule has 1 aliphatic rings. The Morgan fingerprint density at radius 3 is 0.870 bits per heavy atom. The van der Waals surface area contributed by atoms with Gasteiger partial charge in [-0.05, 0) is 32.9 Å². The van der Waals surface area contributed by atoms with E-state index < -0.39 is 0 Å². The van der Waals surface area contributed by atoms with E-state index in [1.807, 2.05) is 7.05 Å². The number of likely N-dealkylation sites (tertiary alicyclic amines) is 1. The van der Waals surface area contributed by atoms with Crippen LogP contribution in [-0.4, -0.2) is 44.8 Å². The summed E-state index contributed by atoms with van der Waals surface area (Å²) in [5.74, 6) is 0. The molecule has 0 bridgehead atoms. The molecule has 0 aliphatic carbocycles. The highest BCUT2D eigenvalue weighted by atomic mass is 15.3. The van der Waals surface area contributed by atoms with E-state index in [2.05, 4.69) is 40.1 Å². The molecule has 0 aromatic carbocycles. The molecule has 0 spiro atoms. The lowest BCUT2D eigenvalue weighted by Gasteiger charge is -2.29. The van der Waals surface area contributed by atoms with Crippen LogP contribution >= 0.6 is 0 Å². The second kappa shape index (κ2) is 42.9. The largest absolute Gasteiger partial charge is 0.326 e. The van der Waals surface area contributed by atoms with E-state index in [4.69, 9.17) is 0 Å². The third kappa shape index (κ3) is 41.9. The Morgan fingerprint density at radius 2 is 0.587 bits per heavy atom. The summed E-state index contributed by atoms with van der Waals surface area (Å²) in [4.78, 5) is 0. The average molecular weight is 652 g/mol. The molecule has 1 N–H and O–H groups in total. The molecule has 0 radical (unpaired) electrons. The molecule has 46 heavy (non-hydrogen) atoms. The molecular weight excluding hydrogens is 556 g/mol. The molecule has 0 atom stereocenters. The van der Waals surface area contributed by atoms with Crippen LogP contribution in [-0.2, 0) is 0 Å². The second-order valence-electron chi connectivity index (χ2n) is 15.5. The first kappa shape index (κ1) is 48.0. The Morgan fingerprint density at radius 1 is 0.348 bits per heavy atom. The number of nitrogens with zero attached hydrogens (tertiary/aromatic N) is 1. The fourth-order valence-corrected chi connectivity index (χ4v) is 7.01. The third-order valence-electron chi connectivity index (χ3n) is 10.4. The van der Waals surface area contributed by atoms with Crippen LogP contribution in [0.1, 0.15) is 246 Å². The van der Waals surface area contributed by atoms with Crippen molar-refractivity contribution in [2.75, 3.05) is 40.3 Å². The van der Waals surface area contributed by atoms with Crippen LogP contribution in [0.15, 0.2) is 0 Å². The van der Waals surface area contributed by atoms with E-state index in [-0.39, 0.29) is 0 Å². The van der Waals surface area contributed by atoms with Crippen molar-refractivity contribution in [3.8, 4) is 0 Å². The van der Waals surface area contributed by atoms with Crippen molar-refractivity contribution in [3.05, 3.63) is 0 Å². The van der Waals surface area contributed by atoms with Gasteiger partial charge in [0.05, 0.1) is 26.7 Å². The zero-order valence-corrected chi connectivity index (χ0v) is 33.8. The van der Waals surface area contributed by atoms with Crippen LogP contribution in [0.4, 0.5) is 0 Å². The summed E-state index contributed by atoms with van der Waals surface area (Å²) in [7, 11) is 4.51. The lowest BCUT2D eigenvalue weighted by atomic mass is 10.0. The number of hydrogen-bond acceptors (Lipinski definition) is 1. The van der Waals surface area contributed by atoms with E-state index >= 15 is 0 Å². The Kier molecular flexibility index (Phi) is 44.8. The maximum Gasteiger partial charge on any atom is 0.0786 e. The van der Waals surface area contributed by atoms with Crippen molar-refractivity contribution < 1.29 is 4.48 Å². The van der Waals surface area contributed by atoms with Crippen LogP contribution in [0, 0.1) is 0 Å². The molecule has 1 fully saturated rings. The van der Waals surface area contributed by atoms with Gasteiger partial charge in [-0.3, -0.25) is 0 Å². The van der Waals surface area contributed by atoms with E-state index in [0.717, 1.165) is 0 Å². The van der Waals surface area contributed by atoms with Gasteiger partial charge in [0.2, 0.25) is 0 Å². The highest BCUT2D eigenvalue weighted by Crippen LogP contribution is 2.19. The number of rotatable bonds is 33. The summed E-state index contributed by atoms with van der Waals surface area (Å²) in [5.41, 5.74) is 0. The summed E-state index contributed by atoms with van der Waals surface area (Å²) in [6.45, 7) is 14.6. The normalized spacial score (nSPS) is 13.7. The number of quaternary nitrogens is 1. The molecule has 1 heterocycles. The molecule has 0 unspecified atom stereocenters. The van der Waals surface area contributed by atoms with Crippen molar-refractivity contribution in [1.29, 1.82) is 0 Å². The maximum absolute atomic E-state index is 3.21. The third-order valence-corrected chi connectivity index (χ3v) is 10.4. The summed E-state index contributed by atoms with van der Waals surface area (Å²) in [6, 6.07) is 0. The number of hydrogen-bond donors (Lipinski definition) is 1. The summed E-state index contributed by atoms with van der Waals surface area (Å²) >= 11 is 0. The Balaban J connectivity index is 0. The predicted octanol–water partition coefficient (Wildman–Crippen LogP) is 15.0. The highest BCUT2D eigenvalue weighted by molar-refractivity contribution is 4.54. The van der Waals surface area contributed by atoms with Gasteiger partial charge in [-0.2, -0.15) is 0 Å². The van der Waals surface area contributed by atoms with Crippen molar-refractivity contribution in [3.63, 3.8) is 0 Å². The topological polar surface area (TPSA) is 12.0 Å². The lowest BCUT2D eigenvalue weighted by molar-refractivity contribution is -0.897. The van der Waals surface area contributed by atoms with E-state index in [9.17, 15) is 0 Å². The van der Waals surface area contributed by atoms with E-state index in [1.165, 1.54) is 249 Å². The maximum atomic E-state index is 3.21. The summed E-state index contributed by atoms with van der Waals surface area (Å²) in [5, 5.41) is 3.21. The van der Waals surface area contributed by atoms with Gasteiger partial charge in [0.1, 0.15) is 0 Å². The SMILES string of the molecule is CCCCCC.CCCCCCCCCCCCCCCCNC.CCCCCCCCCCCCCCCC[N+]1(C)CCCC1. The zero-order chi connectivity index (χ0) is 34.1. The molecule has 1 saturated heterocycles. The summed E-state index contributed by atoms with van der Waals surface area (Å²) < 4.78 is 1.37. The first-order valence-electron chi connectivity index (χ1n) is 22.1. The van der Waals surface area contributed by atoms with Crippen molar-refractivity contribution in [1.82, 2.24) is 5.32 Å². The van der Waals surface area contributed by atoms with Gasteiger partial charge in [0.15, 0.2) is 0 Å². The first-order chi connectivity index (χ1) is 22.6. The monoisotopic (exact) mass is 652 g/mol. The smallest absolute Gasteiger partial charge is 0.0786 e. The van der Waals surface area contributed by atoms with Crippen LogP contribution in [0.3, 0.4) is 0 Å². The number of nitrogens with one attached hydrogen (secondary N) is 1. The van der Waals surface area contributed by atoms with Crippen molar-refractivity contribution >= 4 is 0 Å². The quantitative estimate of drug-likeness (QED) is 0.0550. The number of unbranched alkanes of at least 4 members (excludes halogenated alkanes) is 29. The summed E-state index contributed by atoms with van der Waals surface area (Å²) in [6.07, 6.45) is 49.3. The Labute approximate surface area is 295 Å². The molecule has 1 aliphatic heterocycles. The van der Waals surface area contributed by atoms with Crippen LogP contribution in [0.5, 0.6) is 0 Å². The van der Waals surface area contributed by atoms with Crippen LogP contribution < -0.4 is 5.32 Å². The highest BCUT2D eigenvalue weighted by Gasteiger charge is 2.25. The van der Waals surface area contributed by atoms with Gasteiger partial charge in [0, 0.05) is 12.8 Å². The van der Waals surface area contributed by atoms with Gasteiger partial charge < -0.3 is 9.80 Å². The second-order valence-corrected chi connectivity index (χ2v) is 15.5. The van der Waals surface area contributed by atoms with Gasteiger partial charge in [-0.1, -0.05) is 214 Å².